The van der Waals surface area contributed by atoms with E-state index in [2.05, 4.69) is 29.0 Å². The SMILES string of the molecule is C=CCNC(=O)N(CCc1ccccc1)Cc1cccnc1. The van der Waals surface area contributed by atoms with E-state index >= 15 is 0 Å². The molecule has 0 saturated carbocycles. The summed E-state index contributed by atoms with van der Waals surface area (Å²) in [5.41, 5.74) is 2.24. The Labute approximate surface area is 131 Å². The first kappa shape index (κ1) is 15.8. The molecular weight excluding hydrogens is 274 g/mol. The summed E-state index contributed by atoms with van der Waals surface area (Å²) in [6.07, 6.45) is 6.02. The third-order valence-corrected chi connectivity index (χ3v) is 3.29. The lowest BCUT2D eigenvalue weighted by Crippen LogP contribution is -2.40. The lowest BCUT2D eigenvalue weighted by atomic mass is 10.1. The molecule has 2 aromatic rings. The molecule has 0 saturated heterocycles. The first-order valence-corrected chi connectivity index (χ1v) is 7.36. The van der Waals surface area contributed by atoms with E-state index in [4.69, 9.17) is 0 Å². The third-order valence-electron chi connectivity index (χ3n) is 3.29. The predicted octanol–water partition coefficient (Wildman–Crippen LogP) is 3.02. The van der Waals surface area contributed by atoms with Gasteiger partial charge in [0.05, 0.1) is 0 Å². The molecule has 22 heavy (non-hydrogen) atoms. The van der Waals surface area contributed by atoms with Gasteiger partial charge < -0.3 is 10.2 Å². The quantitative estimate of drug-likeness (QED) is 0.798. The number of nitrogens with zero attached hydrogens (tertiary/aromatic N) is 2. The van der Waals surface area contributed by atoms with Gasteiger partial charge in [0.15, 0.2) is 0 Å². The van der Waals surface area contributed by atoms with Crippen LogP contribution in [0.15, 0.2) is 67.5 Å². The molecule has 0 aliphatic carbocycles. The van der Waals surface area contributed by atoms with Crippen LogP contribution in [-0.4, -0.2) is 29.0 Å². The van der Waals surface area contributed by atoms with Crippen LogP contribution in [0.1, 0.15) is 11.1 Å². The summed E-state index contributed by atoms with van der Waals surface area (Å²) < 4.78 is 0. The number of rotatable bonds is 7. The van der Waals surface area contributed by atoms with Crippen LogP contribution in [0.4, 0.5) is 4.79 Å². The van der Waals surface area contributed by atoms with E-state index in [9.17, 15) is 4.79 Å². The molecule has 0 aliphatic rings. The molecule has 1 aromatic heterocycles. The first-order chi connectivity index (χ1) is 10.8. The van der Waals surface area contributed by atoms with Crippen molar-refractivity contribution in [1.82, 2.24) is 15.2 Å². The Bertz CT molecular complexity index is 584. The van der Waals surface area contributed by atoms with E-state index < -0.39 is 0 Å². The van der Waals surface area contributed by atoms with E-state index in [0.717, 1.165) is 12.0 Å². The topological polar surface area (TPSA) is 45.2 Å². The molecule has 0 radical (unpaired) electrons. The van der Waals surface area contributed by atoms with Crippen LogP contribution in [0.25, 0.3) is 0 Å². The minimum Gasteiger partial charge on any atom is -0.335 e. The summed E-state index contributed by atoms with van der Waals surface area (Å²) in [6.45, 7) is 5.29. The molecule has 2 rings (SSSR count). The minimum absolute atomic E-state index is 0.0836. The van der Waals surface area contributed by atoms with Crippen molar-refractivity contribution in [2.24, 2.45) is 0 Å². The molecule has 0 aliphatic heterocycles. The number of aromatic nitrogens is 1. The maximum absolute atomic E-state index is 12.3. The number of benzene rings is 1. The molecule has 0 bridgehead atoms. The number of amides is 2. The zero-order valence-corrected chi connectivity index (χ0v) is 12.6. The summed E-state index contributed by atoms with van der Waals surface area (Å²) in [4.78, 5) is 18.2. The molecule has 1 N–H and O–H groups in total. The molecule has 0 fully saturated rings. The highest BCUT2D eigenvalue weighted by Gasteiger charge is 2.13. The number of carbonyl (C=O) groups is 1. The first-order valence-electron chi connectivity index (χ1n) is 7.36. The fraction of sp³-hybridized carbons (Fsp3) is 0.222. The molecule has 4 nitrogen and oxygen atoms in total. The number of hydrogen-bond acceptors (Lipinski definition) is 2. The van der Waals surface area contributed by atoms with Gasteiger partial charge in [-0.2, -0.15) is 0 Å². The largest absolute Gasteiger partial charge is 0.335 e. The molecule has 1 heterocycles. The second kappa shape index (κ2) is 8.62. The van der Waals surface area contributed by atoms with Crippen LogP contribution in [-0.2, 0) is 13.0 Å². The number of nitrogens with one attached hydrogen (secondary N) is 1. The standard InChI is InChI=1S/C18H21N3O/c1-2-11-20-18(22)21(15-17-9-6-12-19-14-17)13-10-16-7-4-3-5-8-16/h2-9,12,14H,1,10-11,13,15H2,(H,20,22). The lowest BCUT2D eigenvalue weighted by molar-refractivity contribution is 0.197. The maximum atomic E-state index is 12.3. The monoisotopic (exact) mass is 295 g/mol. The molecule has 1 aromatic carbocycles. The highest BCUT2D eigenvalue weighted by atomic mass is 16.2. The third kappa shape index (κ3) is 5.05. The summed E-state index contributed by atoms with van der Waals surface area (Å²) in [7, 11) is 0. The molecule has 0 spiro atoms. The molecule has 0 unspecified atom stereocenters. The van der Waals surface area contributed by atoms with E-state index in [1.807, 2.05) is 30.3 Å². The van der Waals surface area contributed by atoms with Crippen LogP contribution >= 0.6 is 0 Å². The van der Waals surface area contributed by atoms with Gasteiger partial charge in [-0.3, -0.25) is 4.98 Å². The number of hydrogen-bond donors (Lipinski definition) is 1. The van der Waals surface area contributed by atoms with Crippen LogP contribution < -0.4 is 5.32 Å². The van der Waals surface area contributed by atoms with Gasteiger partial charge in [-0.25, -0.2) is 4.79 Å². The highest BCUT2D eigenvalue weighted by molar-refractivity contribution is 5.74. The van der Waals surface area contributed by atoms with Crippen molar-refractivity contribution in [3.8, 4) is 0 Å². The van der Waals surface area contributed by atoms with E-state index in [1.165, 1.54) is 5.56 Å². The van der Waals surface area contributed by atoms with Crippen LogP contribution in [0.5, 0.6) is 0 Å². The van der Waals surface area contributed by atoms with Crippen molar-refractivity contribution in [3.63, 3.8) is 0 Å². The van der Waals surface area contributed by atoms with Gasteiger partial charge in [-0.1, -0.05) is 42.5 Å². The van der Waals surface area contributed by atoms with Gasteiger partial charge in [0, 0.05) is 32.0 Å². The van der Waals surface area contributed by atoms with E-state index in [1.54, 1.807) is 23.4 Å². The Balaban J connectivity index is 2.00. The van der Waals surface area contributed by atoms with Crippen molar-refractivity contribution in [1.29, 1.82) is 0 Å². The van der Waals surface area contributed by atoms with Crippen LogP contribution in [0.3, 0.4) is 0 Å². The number of urea groups is 1. The zero-order valence-electron chi connectivity index (χ0n) is 12.6. The van der Waals surface area contributed by atoms with Crippen molar-refractivity contribution >= 4 is 6.03 Å². The van der Waals surface area contributed by atoms with Crippen molar-refractivity contribution in [3.05, 3.63) is 78.6 Å². The van der Waals surface area contributed by atoms with Crippen molar-refractivity contribution in [2.45, 2.75) is 13.0 Å². The normalized spacial score (nSPS) is 10.0. The Hall–Kier alpha value is -2.62. The fourth-order valence-electron chi connectivity index (χ4n) is 2.14. The summed E-state index contributed by atoms with van der Waals surface area (Å²) in [5, 5.41) is 2.84. The van der Waals surface area contributed by atoms with Gasteiger partial charge in [-0.15, -0.1) is 6.58 Å². The Kier molecular flexibility index (Phi) is 6.18. The number of carbonyl (C=O) groups excluding carboxylic acids is 1. The minimum atomic E-state index is -0.0836. The average molecular weight is 295 g/mol. The van der Waals surface area contributed by atoms with Gasteiger partial charge in [0.2, 0.25) is 0 Å². The van der Waals surface area contributed by atoms with Crippen molar-refractivity contribution < 1.29 is 4.79 Å². The number of pyridine rings is 1. The van der Waals surface area contributed by atoms with E-state index in [-0.39, 0.29) is 6.03 Å². The lowest BCUT2D eigenvalue weighted by Gasteiger charge is -2.23. The predicted molar refractivity (Wildman–Crippen MR) is 88.4 cm³/mol. The van der Waals surface area contributed by atoms with Gasteiger partial charge >= 0.3 is 6.03 Å². The second-order valence-corrected chi connectivity index (χ2v) is 4.99. The molecule has 0 atom stereocenters. The fourth-order valence-corrected chi connectivity index (χ4v) is 2.14. The van der Waals surface area contributed by atoms with Crippen LogP contribution in [0.2, 0.25) is 0 Å². The zero-order chi connectivity index (χ0) is 15.6. The molecule has 2 amide bonds. The molecule has 114 valence electrons. The average Bonchev–Trinajstić information content (AvgIpc) is 2.58. The Morgan fingerprint density at radius 3 is 2.64 bits per heavy atom. The second-order valence-electron chi connectivity index (χ2n) is 4.99. The summed E-state index contributed by atoms with van der Waals surface area (Å²) in [6, 6.07) is 13.9. The Morgan fingerprint density at radius 2 is 1.95 bits per heavy atom. The molecule has 4 heteroatoms. The summed E-state index contributed by atoms with van der Waals surface area (Å²) >= 11 is 0. The van der Waals surface area contributed by atoms with Gasteiger partial charge in [-0.05, 0) is 23.6 Å². The maximum Gasteiger partial charge on any atom is 0.317 e. The van der Waals surface area contributed by atoms with E-state index in [0.29, 0.717) is 19.6 Å². The highest BCUT2D eigenvalue weighted by Crippen LogP contribution is 2.06. The van der Waals surface area contributed by atoms with Gasteiger partial charge in [0.1, 0.15) is 0 Å². The van der Waals surface area contributed by atoms with Crippen LogP contribution in [0, 0.1) is 0 Å². The smallest absolute Gasteiger partial charge is 0.317 e. The van der Waals surface area contributed by atoms with Crippen molar-refractivity contribution in [2.75, 3.05) is 13.1 Å². The summed E-state index contributed by atoms with van der Waals surface area (Å²) in [5.74, 6) is 0. The van der Waals surface area contributed by atoms with Gasteiger partial charge in [0.25, 0.3) is 0 Å². The molecular formula is C18H21N3O. The Morgan fingerprint density at radius 1 is 1.18 bits per heavy atom.